The fourth-order valence-corrected chi connectivity index (χ4v) is 3.25. The van der Waals surface area contributed by atoms with Crippen LogP contribution in [0.5, 0.6) is 0 Å². The molecule has 0 aliphatic rings. The molecule has 0 aliphatic heterocycles. The quantitative estimate of drug-likeness (QED) is 0.743. The molecule has 0 radical (unpaired) electrons. The van der Waals surface area contributed by atoms with Gasteiger partial charge >= 0.3 is 0 Å². The van der Waals surface area contributed by atoms with Gasteiger partial charge in [0.1, 0.15) is 4.21 Å². The summed E-state index contributed by atoms with van der Waals surface area (Å²) in [7, 11) is -1.85. The molecule has 0 unspecified atom stereocenters. The Morgan fingerprint density at radius 1 is 1.40 bits per heavy atom. The van der Waals surface area contributed by atoms with Gasteiger partial charge in [0.05, 0.1) is 0 Å². The van der Waals surface area contributed by atoms with Crippen LogP contribution in [0.15, 0.2) is 16.3 Å². The maximum Gasteiger partial charge on any atom is 0.249 e. The summed E-state index contributed by atoms with van der Waals surface area (Å²) < 4.78 is 25.5. The molecule has 0 atom stereocenters. The van der Waals surface area contributed by atoms with Crippen LogP contribution < -0.4 is 10.0 Å². The van der Waals surface area contributed by atoms with Gasteiger partial charge in [0, 0.05) is 11.4 Å². The van der Waals surface area contributed by atoms with Crippen LogP contribution >= 0.6 is 11.3 Å². The number of hydrogen-bond donors (Lipinski definition) is 2. The predicted octanol–water partition coefficient (Wildman–Crippen LogP) is 1.16. The minimum atomic E-state index is -3.27. The Bertz CT molecular complexity index is 398. The van der Waals surface area contributed by atoms with E-state index in [0.717, 1.165) is 24.4 Å². The van der Waals surface area contributed by atoms with Crippen molar-refractivity contribution in [2.75, 3.05) is 13.6 Å². The maximum absolute atomic E-state index is 11.4. The fourth-order valence-electron chi connectivity index (χ4n) is 1.09. The largest absolute Gasteiger partial charge is 0.312 e. The first kappa shape index (κ1) is 12.6. The van der Waals surface area contributed by atoms with Gasteiger partial charge in [-0.25, -0.2) is 13.1 Å². The molecule has 0 saturated heterocycles. The Morgan fingerprint density at radius 2 is 2.13 bits per heavy atom. The summed E-state index contributed by atoms with van der Waals surface area (Å²) in [6.07, 6.45) is 1.08. The minimum absolute atomic E-state index is 0.373. The Balaban J connectivity index is 2.65. The molecule has 1 aromatic heterocycles. The van der Waals surface area contributed by atoms with Crippen molar-refractivity contribution in [2.45, 2.75) is 24.1 Å². The average molecular weight is 248 g/mol. The van der Waals surface area contributed by atoms with Crippen LogP contribution in [0.25, 0.3) is 0 Å². The summed E-state index contributed by atoms with van der Waals surface area (Å²) in [6.45, 7) is 3.78. The molecule has 2 N–H and O–H groups in total. The van der Waals surface area contributed by atoms with Crippen molar-refractivity contribution in [1.29, 1.82) is 0 Å². The number of thiophene rings is 1. The molecule has 0 aliphatic carbocycles. The summed E-state index contributed by atoms with van der Waals surface area (Å²) in [5.74, 6) is 0. The van der Waals surface area contributed by atoms with Gasteiger partial charge in [-0.3, -0.25) is 0 Å². The van der Waals surface area contributed by atoms with Crippen LogP contribution in [-0.2, 0) is 16.6 Å². The van der Waals surface area contributed by atoms with Crippen LogP contribution in [0.1, 0.15) is 18.2 Å². The molecule has 6 heteroatoms. The number of sulfonamides is 1. The lowest BCUT2D eigenvalue weighted by Crippen LogP contribution is -2.17. The first-order valence-electron chi connectivity index (χ1n) is 4.83. The second-order valence-corrected chi connectivity index (χ2v) is 6.39. The Hall–Kier alpha value is -0.430. The molecule has 1 heterocycles. The van der Waals surface area contributed by atoms with Crippen molar-refractivity contribution in [3.8, 4) is 0 Å². The lowest BCUT2D eigenvalue weighted by Gasteiger charge is -1.99. The molecule has 0 fully saturated rings. The van der Waals surface area contributed by atoms with Gasteiger partial charge in [-0.05, 0) is 32.1 Å². The zero-order valence-corrected chi connectivity index (χ0v) is 10.5. The molecule has 0 saturated carbocycles. The minimum Gasteiger partial charge on any atom is -0.312 e. The SMILES string of the molecule is CCCNCc1ccc(S(=O)(=O)NC)s1. The van der Waals surface area contributed by atoms with Gasteiger partial charge in [-0.2, -0.15) is 0 Å². The molecule has 4 nitrogen and oxygen atoms in total. The molecular weight excluding hydrogens is 232 g/mol. The van der Waals surface area contributed by atoms with Crippen molar-refractivity contribution in [1.82, 2.24) is 10.0 Å². The first-order valence-corrected chi connectivity index (χ1v) is 7.13. The summed E-state index contributed by atoms with van der Waals surface area (Å²) in [5, 5.41) is 3.23. The third-order valence-corrected chi connectivity index (χ3v) is 4.89. The normalized spacial score (nSPS) is 11.9. The Kier molecular flexibility index (Phi) is 4.72. The van der Waals surface area contributed by atoms with Gasteiger partial charge in [0.25, 0.3) is 0 Å². The molecule has 0 spiro atoms. The molecule has 86 valence electrons. The second-order valence-electron chi connectivity index (χ2n) is 3.11. The average Bonchev–Trinajstić information content (AvgIpc) is 2.68. The van der Waals surface area contributed by atoms with Gasteiger partial charge in [-0.1, -0.05) is 6.92 Å². The van der Waals surface area contributed by atoms with Crippen molar-refractivity contribution in [3.05, 3.63) is 17.0 Å². The van der Waals surface area contributed by atoms with E-state index in [9.17, 15) is 8.42 Å². The molecule has 15 heavy (non-hydrogen) atoms. The smallest absolute Gasteiger partial charge is 0.249 e. The molecule has 0 bridgehead atoms. The van der Waals surface area contributed by atoms with Crippen LogP contribution in [-0.4, -0.2) is 22.0 Å². The highest BCUT2D eigenvalue weighted by Crippen LogP contribution is 2.20. The van der Waals surface area contributed by atoms with E-state index in [0.29, 0.717) is 4.21 Å². The van der Waals surface area contributed by atoms with E-state index >= 15 is 0 Å². The van der Waals surface area contributed by atoms with Crippen molar-refractivity contribution in [2.24, 2.45) is 0 Å². The van der Waals surface area contributed by atoms with E-state index in [4.69, 9.17) is 0 Å². The molecular formula is C9H16N2O2S2. The van der Waals surface area contributed by atoms with Gasteiger partial charge in [0.2, 0.25) is 10.0 Å². The monoisotopic (exact) mass is 248 g/mol. The molecule has 1 aromatic rings. The second kappa shape index (κ2) is 5.60. The van der Waals surface area contributed by atoms with Crippen molar-refractivity contribution in [3.63, 3.8) is 0 Å². The van der Waals surface area contributed by atoms with Gasteiger partial charge < -0.3 is 5.32 Å². The third kappa shape index (κ3) is 3.57. The predicted molar refractivity (Wildman–Crippen MR) is 62.6 cm³/mol. The van der Waals surface area contributed by atoms with Crippen LogP contribution in [0.4, 0.5) is 0 Å². The van der Waals surface area contributed by atoms with Crippen LogP contribution in [0.2, 0.25) is 0 Å². The van der Waals surface area contributed by atoms with E-state index in [1.165, 1.54) is 18.4 Å². The van der Waals surface area contributed by atoms with Crippen LogP contribution in [0.3, 0.4) is 0 Å². The summed E-state index contributed by atoms with van der Waals surface area (Å²) in [5.41, 5.74) is 0. The zero-order chi connectivity index (χ0) is 11.3. The van der Waals surface area contributed by atoms with Crippen LogP contribution in [0, 0.1) is 0 Å². The van der Waals surface area contributed by atoms with E-state index in [2.05, 4.69) is 17.0 Å². The fraction of sp³-hybridized carbons (Fsp3) is 0.556. The topological polar surface area (TPSA) is 58.2 Å². The van der Waals surface area contributed by atoms with Crippen molar-refractivity contribution < 1.29 is 8.42 Å². The zero-order valence-electron chi connectivity index (χ0n) is 8.91. The molecule has 1 rings (SSSR count). The number of hydrogen-bond acceptors (Lipinski definition) is 4. The van der Waals surface area contributed by atoms with E-state index in [1.807, 2.05) is 6.07 Å². The Morgan fingerprint density at radius 3 is 2.73 bits per heavy atom. The summed E-state index contributed by atoms with van der Waals surface area (Å²) in [6, 6.07) is 3.48. The standard InChI is InChI=1S/C9H16N2O2S2/c1-3-6-11-7-8-4-5-9(14-8)15(12,13)10-2/h4-5,10-11H,3,6-7H2,1-2H3. The van der Waals surface area contributed by atoms with E-state index < -0.39 is 10.0 Å². The third-order valence-electron chi connectivity index (χ3n) is 1.90. The van der Waals surface area contributed by atoms with Gasteiger partial charge in [0.15, 0.2) is 0 Å². The lowest BCUT2D eigenvalue weighted by molar-refractivity contribution is 0.590. The van der Waals surface area contributed by atoms with Gasteiger partial charge in [-0.15, -0.1) is 11.3 Å². The molecule has 0 aromatic carbocycles. The maximum atomic E-state index is 11.4. The lowest BCUT2D eigenvalue weighted by atomic mass is 10.4. The number of nitrogens with one attached hydrogen (secondary N) is 2. The Labute approximate surface area is 94.8 Å². The van der Waals surface area contributed by atoms with Crippen molar-refractivity contribution >= 4 is 21.4 Å². The summed E-state index contributed by atoms with van der Waals surface area (Å²) >= 11 is 1.30. The first-order chi connectivity index (χ1) is 7.10. The molecule has 0 amide bonds. The summed E-state index contributed by atoms with van der Waals surface area (Å²) in [4.78, 5) is 1.04. The van der Waals surface area contributed by atoms with E-state index in [1.54, 1.807) is 6.07 Å². The number of rotatable bonds is 6. The highest BCUT2D eigenvalue weighted by Gasteiger charge is 2.13. The highest BCUT2D eigenvalue weighted by atomic mass is 32.2. The van der Waals surface area contributed by atoms with E-state index in [-0.39, 0.29) is 0 Å². The highest BCUT2D eigenvalue weighted by molar-refractivity contribution is 7.91.